The predicted molar refractivity (Wildman–Crippen MR) is 91.9 cm³/mol. The Morgan fingerprint density at radius 2 is 2.22 bits per heavy atom. The highest BCUT2D eigenvalue weighted by Crippen LogP contribution is 2.25. The van der Waals surface area contributed by atoms with Gasteiger partial charge in [0.1, 0.15) is 4.83 Å². The molecular weight excluding hydrogens is 314 g/mol. The van der Waals surface area contributed by atoms with Crippen LogP contribution in [-0.2, 0) is 11.3 Å². The van der Waals surface area contributed by atoms with Crippen LogP contribution in [0.5, 0.6) is 0 Å². The number of nitrogens with zero attached hydrogens (tertiary/aromatic N) is 2. The van der Waals surface area contributed by atoms with E-state index in [1.54, 1.807) is 0 Å². The summed E-state index contributed by atoms with van der Waals surface area (Å²) in [7, 11) is 0. The molecule has 0 spiro atoms. The summed E-state index contributed by atoms with van der Waals surface area (Å²) in [4.78, 5) is 30.4. The van der Waals surface area contributed by atoms with E-state index in [9.17, 15) is 14.7 Å². The summed E-state index contributed by atoms with van der Waals surface area (Å²) in [5.41, 5.74) is 0.861. The van der Waals surface area contributed by atoms with Crippen LogP contribution in [0.1, 0.15) is 36.6 Å². The molecule has 7 heteroatoms. The van der Waals surface area contributed by atoms with Crippen molar-refractivity contribution in [2.24, 2.45) is 0 Å². The number of hydrogen-bond donors (Lipinski definition) is 2. The van der Waals surface area contributed by atoms with Crippen LogP contribution in [-0.4, -0.2) is 33.2 Å². The fraction of sp³-hybridized carbons (Fsp3) is 0.562. The number of thiophene rings is 1. The number of aliphatic hydroxyl groups is 1. The summed E-state index contributed by atoms with van der Waals surface area (Å²) in [6.07, 6.45) is 2.71. The monoisotopic (exact) mass is 337 g/mol. The quantitative estimate of drug-likeness (QED) is 0.806. The van der Waals surface area contributed by atoms with E-state index < -0.39 is 6.10 Å². The fourth-order valence-corrected chi connectivity index (χ4v) is 3.39. The summed E-state index contributed by atoms with van der Waals surface area (Å²) in [5, 5.41) is 12.9. The van der Waals surface area contributed by atoms with E-state index in [2.05, 4.69) is 10.3 Å². The lowest BCUT2D eigenvalue weighted by Crippen LogP contribution is -2.33. The van der Waals surface area contributed by atoms with Crippen LogP contribution in [0, 0.1) is 13.8 Å². The molecule has 2 heterocycles. The van der Waals surface area contributed by atoms with Gasteiger partial charge in [-0.1, -0.05) is 13.3 Å². The van der Waals surface area contributed by atoms with Gasteiger partial charge in [-0.25, -0.2) is 4.98 Å². The van der Waals surface area contributed by atoms with E-state index >= 15 is 0 Å². The van der Waals surface area contributed by atoms with Crippen LogP contribution in [0.4, 0.5) is 0 Å². The van der Waals surface area contributed by atoms with E-state index in [0.29, 0.717) is 11.8 Å². The van der Waals surface area contributed by atoms with Gasteiger partial charge in [0.15, 0.2) is 0 Å². The SMILES string of the molecule is CCCC(O)CNC(=O)CCn1cnc2sc(C)c(C)c2c1=O. The first kappa shape index (κ1) is 17.6. The van der Waals surface area contributed by atoms with Gasteiger partial charge in [-0.2, -0.15) is 0 Å². The van der Waals surface area contributed by atoms with Crippen molar-refractivity contribution in [3.05, 3.63) is 27.1 Å². The van der Waals surface area contributed by atoms with E-state index in [0.717, 1.165) is 21.7 Å². The average Bonchev–Trinajstić information content (AvgIpc) is 2.80. The van der Waals surface area contributed by atoms with Crippen molar-refractivity contribution in [1.82, 2.24) is 14.9 Å². The van der Waals surface area contributed by atoms with Gasteiger partial charge >= 0.3 is 0 Å². The minimum absolute atomic E-state index is 0.101. The summed E-state index contributed by atoms with van der Waals surface area (Å²) < 4.78 is 1.48. The first-order chi connectivity index (χ1) is 10.9. The van der Waals surface area contributed by atoms with Crippen LogP contribution < -0.4 is 10.9 Å². The zero-order chi connectivity index (χ0) is 17.0. The zero-order valence-corrected chi connectivity index (χ0v) is 14.6. The van der Waals surface area contributed by atoms with E-state index in [4.69, 9.17) is 0 Å². The van der Waals surface area contributed by atoms with Gasteiger partial charge in [-0.3, -0.25) is 14.2 Å². The van der Waals surface area contributed by atoms with Crippen LogP contribution in [0.2, 0.25) is 0 Å². The zero-order valence-electron chi connectivity index (χ0n) is 13.8. The molecule has 0 aliphatic heterocycles. The standard InChI is InChI=1S/C16H23N3O3S/c1-4-5-12(20)8-17-13(21)6-7-19-9-18-15-14(16(19)22)10(2)11(3)23-15/h9,12,20H,4-8H2,1-3H3,(H,17,21). The van der Waals surface area contributed by atoms with Crippen molar-refractivity contribution in [1.29, 1.82) is 0 Å². The second-order valence-electron chi connectivity index (χ2n) is 5.70. The van der Waals surface area contributed by atoms with Crippen molar-refractivity contribution >= 4 is 27.5 Å². The smallest absolute Gasteiger partial charge is 0.262 e. The first-order valence-corrected chi connectivity index (χ1v) is 8.65. The minimum Gasteiger partial charge on any atom is -0.391 e. The van der Waals surface area contributed by atoms with Crippen molar-refractivity contribution in [2.75, 3.05) is 6.54 Å². The molecule has 0 saturated carbocycles. The van der Waals surface area contributed by atoms with Crippen LogP contribution in [0.25, 0.3) is 10.2 Å². The Kier molecular flexibility index (Phi) is 5.90. The molecule has 2 N–H and O–H groups in total. The molecule has 0 saturated heterocycles. The Balaban J connectivity index is 2.00. The molecule has 0 aliphatic rings. The van der Waals surface area contributed by atoms with Crippen molar-refractivity contribution < 1.29 is 9.90 Å². The molecule has 126 valence electrons. The summed E-state index contributed by atoms with van der Waals surface area (Å²) in [5.74, 6) is -0.176. The Morgan fingerprint density at radius 3 is 2.91 bits per heavy atom. The highest BCUT2D eigenvalue weighted by atomic mass is 32.1. The minimum atomic E-state index is -0.513. The molecule has 0 aliphatic carbocycles. The lowest BCUT2D eigenvalue weighted by molar-refractivity contribution is -0.121. The number of amides is 1. The lowest BCUT2D eigenvalue weighted by atomic mass is 10.2. The maximum absolute atomic E-state index is 12.5. The molecule has 23 heavy (non-hydrogen) atoms. The van der Waals surface area contributed by atoms with Crippen molar-refractivity contribution in [2.45, 2.75) is 52.7 Å². The van der Waals surface area contributed by atoms with Crippen LogP contribution in [0.3, 0.4) is 0 Å². The number of carbonyl (C=O) groups excluding carboxylic acids is 1. The number of carbonyl (C=O) groups is 1. The molecule has 2 rings (SSSR count). The molecule has 0 bridgehead atoms. The highest BCUT2D eigenvalue weighted by Gasteiger charge is 2.13. The molecule has 1 unspecified atom stereocenters. The largest absolute Gasteiger partial charge is 0.391 e. The van der Waals surface area contributed by atoms with Gasteiger partial charge in [0.2, 0.25) is 5.91 Å². The summed E-state index contributed by atoms with van der Waals surface area (Å²) in [6, 6.07) is 0. The number of fused-ring (bicyclic) bond motifs is 1. The normalized spacial score (nSPS) is 12.5. The number of rotatable bonds is 7. The molecule has 0 radical (unpaired) electrons. The third-order valence-corrected chi connectivity index (χ3v) is 5.01. The highest BCUT2D eigenvalue weighted by molar-refractivity contribution is 7.18. The number of hydrogen-bond acceptors (Lipinski definition) is 5. The summed E-state index contributed by atoms with van der Waals surface area (Å²) in [6.45, 7) is 6.41. The van der Waals surface area contributed by atoms with E-state index in [1.807, 2.05) is 20.8 Å². The van der Waals surface area contributed by atoms with Gasteiger partial charge in [0.05, 0.1) is 17.8 Å². The van der Waals surface area contributed by atoms with E-state index in [1.165, 1.54) is 22.2 Å². The van der Waals surface area contributed by atoms with Gasteiger partial charge in [0.25, 0.3) is 5.56 Å². The molecular formula is C16H23N3O3S. The maximum atomic E-state index is 12.5. The van der Waals surface area contributed by atoms with Crippen LogP contribution >= 0.6 is 11.3 Å². The number of aryl methyl sites for hydroxylation is 3. The van der Waals surface area contributed by atoms with Gasteiger partial charge < -0.3 is 10.4 Å². The maximum Gasteiger partial charge on any atom is 0.262 e. The van der Waals surface area contributed by atoms with Crippen molar-refractivity contribution in [3.63, 3.8) is 0 Å². The third-order valence-electron chi connectivity index (χ3n) is 3.89. The Bertz CT molecular complexity index is 751. The van der Waals surface area contributed by atoms with Gasteiger partial charge in [0, 0.05) is 24.4 Å². The Hall–Kier alpha value is -1.73. The molecule has 2 aromatic rings. The van der Waals surface area contributed by atoms with Gasteiger partial charge in [-0.15, -0.1) is 11.3 Å². The molecule has 0 aromatic carbocycles. The molecule has 1 atom stereocenters. The van der Waals surface area contributed by atoms with Crippen molar-refractivity contribution in [3.8, 4) is 0 Å². The average molecular weight is 337 g/mol. The molecule has 2 aromatic heterocycles. The second kappa shape index (κ2) is 7.70. The van der Waals surface area contributed by atoms with E-state index in [-0.39, 0.29) is 31.0 Å². The number of aliphatic hydroxyl groups excluding tert-OH is 1. The van der Waals surface area contributed by atoms with Gasteiger partial charge in [-0.05, 0) is 25.8 Å². The number of aromatic nitrogens is 2. The second-order valence-corrected chi connectivity index (χ2v) is 6.91. The third kappa shape index (κ3) is 4.17. The first-order valence-electron chi connectivity index (χ1n) is 7.84. The Morgan fingerprint density at radius 1 is 1.48 bits per heavy atom. The predicted octanol–water partition coefficient (Wildman–Crippen LogP) is 1.74. The van der Waals surface area contributed by atoms with Crippen LogP contribution in [0.15, 0.2) is 11.1 Å². The number of nitrogens with one attached hydrogen (secondary N) is 1. The lowest BCUT2D eigenvalue weighted by Gasteiger charge is -2.11. The Labute approximate surface area is 139 Å². The topological polar surface area (TPSA) is 84.2 Å². The summed E-state index contributed by atoms with van der Waals surface area (Å²) >= 11 is 1.51. The molecule has 6 nitrogen and oxygen atoms in total. The fourth-order valence-electron chi connectivity index (χ4n) is 2.41. The molecule has 1 amide bonds. The molecule has 0 fully saturated rings.